The number of rotatable bonds is 4. The summed E-state index contributed by atoms with van der Waals surface area (Å²) in [6.07, 6.45) is 4.38. The first-order valence-electron chi connectivity index (χ1n) is 10.6. The van der Waals surface area contributed by atoms with Crippen molar-refractivity contribution in [3.63, 3.8) is 0 Å². The van der Waals surface area contributed by atoms with Crippen LogP contribution in [0.3, 0.4) is 0 Å². The van der Waals surface area contributed by atoms with Gasteiger partial charge in [-0.2, -0.15) is 5.26 Å². The van der Waals surface area contributed by atoms with E-state index in [1.165, 1.54) is 24.0 Å². The van der Waals surface area contributed by atoms with Gasteiger partial charge in [0.2, 0.25) is 0 Å². The average Bonchev–Trinajstić information content (AvgIpc) is 3.49. The van der Waals surface area contributed by atoms with E-state index in [9.17, 15) is 10.1 Å². The molecule has 154 valence electrons. The lowest BCUT2D eigenvalue weighted by atomic mass is 10.0. The number of hydrogen-bond acceptors (Lipinski definition) is 5. The van der Waals surface area contributed by atoms with Crippen molar-refractivity contribution in [1.82, 2.24) is 14.8 Å². The summed E-state index contributed by atoms with van der Waals surface area (Å²) in [5.74, 6) is 1.57. The number of pyridine rings is 1. The van der Waals surface area contributed by atoms with E-state index in [2.05, 4.69) is 20.9 Å². The molecule has 3 aliphatic rings. The third-order valence-corrected chi connectivity index (χ3v) is 6.63. The van der Waals surface area contributed by atoms with Crippen LogP contribution in [0.5, 0.6) is 0 Å². The predicted octanol–water partition coefficient (Wildman–Crippen LogP) is 3.29. The molecule has 1 aromatic heterocycles. The molecule has 0 unspecified atom stereocenters. The minimum Gasteiger partial charge on any atom is -0.352 e. The fraction of sp³-hybridized carbons (Fsp3) is 0.435. The number of amides is 1. The standard InChI is InChI=1S/C23H24ClN5O/c24-21-11-18(10-19-14-27(15-20(19)21)13-16-3-4-16)23(30)29-8-6-28(7-9-29)22-17(12-25)2-1-5-26-22/h1-2,5,10-11,16H,3-4,6-9,13-15H2. The Morgan fingerprint density at radius 3 is 2.73 bits per heavy atom. The van der Waals surface area contributed by atoms with Crippen LogP contribution in [-0.4, -0.2) is 53.4 Å². The van der Waals surface area contributed by atoms with E-state index in [1.807, 2.05) is 17.0 Å². The second-order valence-electron chi connectivity index (χ2n) is 8.47. The van der Waals surface area contributed by atoms with Crippen molar-refractivity contribution in [2.75, 3.05) is 37.6 Å². The van der Waals surface area contributed by atoms with E-state index in [-0.39, 0.29) is 5.91 Å². The van der Waals surface area contributed by atoms with Crippen LogP contribution in [0.2, 0.25) is 5.02 Å². The van der Waals surface area contributed by atoms with Gasteiger partial charge < -0.3 is 9.80 Å². The number of halogens is 1. The molecule has 0 atom stereocenters. The third kappa shape index (κ3) is 3.76. The second-order valence-corrected chi connectivity index (χ2v) is 8.88. The van der Waals surface area contributed by atoms with Gasteiger partial charge in [0.15, 0.2) is 0 Å². The Labute approximate surface area is 181 Å². The molecule has 1 saturated carbocycles. The highest BCUT2D eigenvalue weighted by atomic mass is 35.5. The van der Waals surface area contributed by atoms with E-state index in [0.717, 1.165) is 25.6 Å². The Bertz CT molecular complexity index is 1020. The van der Waals surface area contributed by atoms with Crippen LogP contribution in [0.25, 0.3) is 0 Å². The van der Waals surface area contributed by atoms with Crippen molar-refractivity contribution < 1.29 is 4.79 Å². The SMILES string of the molecule is N#Cc1cccnc1N1CCN(C(=O)c2cc(Cl)c3c(c2)CN(CC2CC2)C3)CC1. The summed E-state index contributed by atoms with van der Waals surface area (Å²) < 4.78 is 0. The number of fused-ring (bicyclic) bond motifs is 1. The Morgan fingerprint density at radius 2 is 2.00 bits per heavy atom. The Morgan fingerprint density at radius 1 is 1.20 bits per heavy atom. The van der Waals surface area contributed by atoms with Gasteiger partial charge in [-0.3, -0.25) is 9.69 Å². The molecule has 0 bridgehead atoms. The molecule has 6 nitrogen and oxygen atoms in total. The van der Waals surface area contributed by atoms with Crippen LogP contribution in [0.15, 0.2) is 30.5 Å². The average molecular weight is 422 g/mol. The minimum absolute atomic E-state index is 0.0292. The van der Waals surface area contributed by atoms with Gasteiger partial charge in [0.25, 0.3) is 5.91 Å². The lowest BCUT2D eigenvalue weighted by Gasteiger charge is -2.35. The van der Waals surface area contributed by atoms with Crippen molar-refractivity contribution in [3.05, 3.63) is 57.7 Å². The molecule has 1 saturated heterocycles. The lowest BCUT2D eigenvalue weighted by molar-refractivity contribution is 0.0746. The van der Waals surface area contributed by atoms with Crippen LogP contribution >= 0.6 is 11.6 Å². The molecule has 0 N–H and O–H groups in total. The van der Waals surface area contributed by atoms with Gasteiger partial charge in [-0.05, 0) is 54.2 Å². The van der Waals surface area contributed by atoms with E-state index < -0.39 is 0 Å². The molecule has 2 aliphatic heterocycles. The molecule has 30 heavy (non-hydrogen) atoms. The van der Waals surface area contributed by atoms with Gasteiger partial charge >= 0.3 is 0 Å². The number of carbonyl (C=O) groups is 1. The van der Waals surface area contributed by atoms with Gasteiger partial charge in [0.05, 0.1) is 5.56 Å². The van der Waals surface area contributed by atoms with Gasteiger partial charge in [0.1, 0.15) is 11.9 Å². The Balaban J connectivity index is 1.26. The van der Waals surface area contributed by atoms with Crippen molar-refractivity contribution in [2.24, 2.45) is 5.92 Å². The first-order valence-corrected chi connectivity index (χ1v) is 10.9. The van der Waals surface area contributed by atoms with Crippen LogP contribution in [0.1, 0.15) is 39.9 Å². The molecule has 1 amide bonds. The maximum atomic E-state index is 13.2. The van der Waals surface area contributed by atoms with Crippen LogP contribution in [0, 0.1) is 17.2 Å². The topological polar surface area (TPSA) is 63.5 Å². The van der Waals surface area contributed by atoms with E-state index >= 15 is 0 Å². The maximum absolute atomic E-state index is 13.2. The summed E-state index contributed by atoms with van der Waals surface area (Å²) in [7, 11) is 0. The summed E-state index contributed by atoms with van der Waals surface area (Å²) in [4.78, 5) is 23.9. The van der Waals surface area contributed by atoms with Gasteiger partial charge in [-0.15, -0.1) is 0 Å². The smallest absolute Gasteiger partial charge is 0.254 e. The molecule has 3 heterocycles. The highest BCUT2D eigenvalue weighted by Gasteiger charge is 2.30. The summed E-state index contributed by atoms with van der Waals surface area (Å²) in [5.41, 5.74) is 3.62. The molecule has 2 fully saturated rings. The first kappa shape index (κ1) is 19.3. The zero-order valence-corrected chi connectivity index (χ0v) is 17.6. The van der Waals surface area contributed by atoms with Crippen molar-refractivity contribution in [3.8, 4) is 6.07 Å². The number of aromatic nitrogens is 1. The largest absolute Gasteiger partial charge is 0.352 e. The van der Waals surface area contributed by atoms with Crippen LogP contribution < -0.4 is 4.90 Å². The molecule has 0 spiro atoms. The molecule has 7 heteroatoms. The maximum Gasteiger partial charge on any atom is 0.254 e. The zero-order chi connectivity index (χ0) is 20.7. The number of piperazine rings is 1. The van der Waals surface area contributed by atoms with E-state index in [0.29, 0.717) is 48.1 Å². The lowest BCUT2D eigenvalue weighted by Crippen LogP contribution is -2.49. The fourth-order valence-electron chi connectivity index (χ4n) is 4.49. The molecule has 1 aromatic carbocycles. The number of anilines is 1. The van der Waals surface area contributed by atoms with Crippen LogP contribution in [-0.2, 0) is 13.1 Å². The normalized spacial score (nSPS) is 18.9. The molecule has 2 aromatic rings. The second kappa shape index (κ2) is 7.90. The molecular weight excluding hydrogens is 398 g/mol. The Hall–Kier alpha value is -2.62. The molecule has 1 aliphatic carbocycles. The highest BCUT2D eigenvalue weighted by Crippen LogP contribution is 2.36. The number of hydrogen-bond donors (Lipinski definition) is 0. The zero-order valence-electron chi connectivity index (χ0n) is 16.9. The summed E-state index contributed by atoms with van der Waals surface area (Å²) >= 11 is 6.57. The number of nitriles is 1. The number of carbonyl (C=O) groups excluding carboxylic acids is 1. The monoisotopic (exact) mass is 421 g/mol. The Kier molecular flexibility index (Phi) is 5.10. The van der Waals surface area contributed by atoms with E-state index in [4.69, 9.17) is 11.6 Å². The number of benzene rings is 1. The third-order valence-electron chi connectivity index (χ3n) is 6.30. The van der Waals surface area contributed by atoms with E-state index in [1.54, 1.807) is 18.3 Å². The summed E-state index contributed by atoms with van der Waals surface area (Å²) in [6.45, 7) is 5.43. The van der Waals surface area contributed by atoms with Crippen molar-refractivity contribution in [1.29, 1.82) is 5.26 Å². The molecule has 5 rings (SSSR count). The van der Waals surface area contributed by atoms with Crippen LogP contribution in [0.4, 0.5) is 5.82 Å². The minimum atomic E-state index is 0.0292. The van der Waals surface area contributed by atoms with Gasteiger partial charge in [0, 0.05) is 62.6 Å². The number of nitrogens with zero attached hydrogens (tertiary/aromatic N) is 5. The quantitative estimate of drug-likeness (QED) is 0.757. The summed E-state index contributed by atoms with van der Waals surface area (Å²) in [6, 6.07) is 9.62. The van der Waals surface area contributed by atoms with Gasteiger partial charge in [-0.25, -0.2) is 4.98 Å². The highest BCUT2D eigenvalue weighted by molar-refractivity contribution is 6.32. The first-order chi connectivity index (χ1) is 14.6. The van der Waals surface area contributed by atoms with Crippen molar-refractivity contribution >= 4 is 23.3 Å². The van der Waals surface area contributed by atoms with Gasteiger partial charge in [-0.1, -0.05) is 11.6 Å². The predicted molar refractivity (Wildman–Crippen MR) is 115 cm³/mol. The summed E-state index contributed by atoms with van der Waals surface area (Å²) in [5, 5.41) is 10.0. The van der Waals surface area contributed by atoms with Crippen molar-refractivity contribution in [2.45, 2.75) is 25.9 Å². The molecule has 0 radical (unpaired) electrons. The molecular formula is C23H24ClN5O. The fourth-order valence-corrected chi connectivity index (χ4v) is 4.79.